The number of ether oxygens (including phenoxy) is 2. The number of hydrogen-bond acceptors (Lipinski definition) is 6. The number of amides is 1. The Hall–Kier alpha value is -2.61. The van der Waals surface area contributed by atoms with Crippen LogP contribution in [0.15, 0.2) is 35.4 Å². The van der Waals surface area contributed by atoms with E-state index in [2.05, 4.69) is 4.98 Å². The van der Waals surface area contributed by atoms with Crippen LogP contribution in [0.2, 0.25) is 0 Å². The molecular weight excluding hydrogens is 392 g/mol. The molecule has 0 saturated heterocycles. The van der Waals surface area contributed by atoms with Gasteiger partial charge >= 0.3 is 0 Å². The second-order valence-corrected chi connectivity index (χ2v) is 9.01. The maximum Gasteiger partial charge on any atom is 0.222 e. The minimum absolute atomic E-state index is 0.00164. The third kappa shape index (κ3) is 6.19. The van der Waals surface area contributed by atoms with Crippen molar-refractivity contribution in [1.82, 2.24) is 9.88 Å². The second kappa shape index (κ2) is 9.73. The molecule has 0 fully saturated rings. The molecule has 0 radical (unpaired) electrons. The standard InChI is InChI=1S/C21H28N2O5S/c1-15-13-22-19(16(2)21(15)27-4)14-23(3)20(24)7-6-12-28-17-8-10-18(11-9-17)29(5,25)26/h8-11,13H,6-7,12,14H2,1-5H3. The molecule has 0 N–H and O–H groups in total. The van der Waals surface area contributed by atoms with E-state index in [4.69, 9.17) is 9.47 Å². The summed E-state index contributed by atoms with van der Waals surface area (Å²) in [5.41, 5.74) is 2.71. The number of carbonyl (C=O) groups is 1. The summed E-state index contributed by atoms with van der Waals surface area (Å²) in [4.78, 5) is 18.7. The summed E-state index contributed by atoms with van der Waals surface area (Å²) in [5, 5.41) is 0. The molecule has 158 valence electrons. The molecule has 0 aliphatic rings. The van der Waals surface area contributed by atoms with E-state index in [1.165, 1.54) is 12.1 Å². The first-order valence-electron chi connectivity index (χ1n) is 9.29. The Morgan fingerprint density at radius 2 is 1.83 bits per heavy atom. The third-order valence-electron chi connectivity index (χ3n) is 4.62. The Balaban J connectivity index is 1.82. The lowest BCUT2D eigenvalue weighted by Gasteiger charge is -2.19. The zero-order chi connectivity index (χ0) is 21.6. The van der Waals surface area contributed by atoms with Crippen molar-refractivity contribution >= 4 is 15.7 Å². The predicted octanol–water partition coefficient (Wildman–Crippen LogP) is 2.93. The topological polar surface area (TPSA) is 85.8 Å². The largest absolute Gasteiger partial charge is 0.496 e. The molecule has 2 aromatic rings. The number of methoxy groups -OCH3 is 1. The molecule has 8 heteroatoms. The molecule has 7 nitrogen and oxygen atoms in total. The predicted molar refractivity (Wildman–Crippen MR) is 111 cm³/mol. The lowest BCUT2D eigenvalue weighted by atomic mass is 10.1. The van der Waals surface area contributed by atoms with E-state index in [1.54, 1.807) is 37.4 Å². The van der Waals surface area contributed by atoms with Gasteiger partial charge in [0.25, 0.3) is 0 Å². The van der Waals surface area contributed by atoms with Gasteiger partial charge in [0.1, 0.15) is 11.5 Å². The number of aromatic nitrogens is 1. The highest BCUT2D eigenvalue weighted by Crippen LogP contribution is 2.24. The average Bonchev–Trinajstić information content (AvgIpc) is 2.67. The summed E-state index contributed by atoms with van der Waals surface area (Å²) in [6, 6.07) is 6.25. The van der Waals surface area contributed by atoms with E-state index in [-0.39, 0.29) is 10.8 Å². The van der Waals surface area contributed by atoms with Crippen molar-refractivity contribution in [2.45, 2.75) is 38.1 Å². The number of pyridine rings is 1. The lowest BCUT2D eigenvalue weighted by molar-refractivity contribution is -0.130. The van der Waals surface area contributed by atoms with Gasteiger partial charge in [0.2, 0.25) is 5.91 Å². The van der Waals surface area contributed by atoms with Gasteiger partial charge in [-0.05, 0) is 44.5 Å². The van der Waals surface area contributed by atoms with E-state index in [1.807, 2.05) is 13.8 Å². The SMILES string of the molecule is COc1c(C)cnc(CN(C)C(=O)CCCOc2ccc(S(C)(=O)=O)cc2)c1C. The van der Waals surface area contributed by atoms with Crippen LogP contribution in [-0.4, -0.2) is 51.2 Å². The molecule has 1 aromatic heterocycles. The van der Waals surface area contributed by atoms with Crippen molar-refractivity contribution in [3.63, 3.8) is 0 Å². The third-order valence-corrected chi connectivity index (χ3v) is 5.75. The first-order valence-corrected chi connectivity index (χ1v) is 11.2. The summed E-state index contributed by atoms with van der Waals surface area (Å²) >= 11 is 0. The van der Waals surface area contributed by atoms with Crippen molar-refractivity contribution in [2.75, 3.05) is 27.0 Å². The smallest absolute Gasteiger partial charge is 0.222 e. The van der Waals surface area contributed by atoms with Crippen LogP contribution in [0.5, 0.6) is 11.5 Å². The first kappa shape index (κ1) is 22.7. The quantitative estimate of drug-likeness (QED) is 0.580. The van der Waals surface area contributed by atoms with E-state index in [0.717, 1.165) is 28.8 Å². The lowest BCUT2D eigenvalue weighted by Crippen LogP contribution is -2.27. The fraction of sp³-hybridized carbons (Fsp3) is 0.429. The van der Waals surface area contributed by atoms with E-state index in [0.29, 0.717) is 31.7 Å². The Morgan fingerprint density at radius 3 is 2.41 bits per heavy atom. The number of rotatable bonds is 9. The highest BCUT2D eigenvalue weighted by atomic mass is 32.2. The van der Waals surface area contributed by atoms with E-state index < -0.39 is 9.84 Å². The fourth-order valence-electron chi connectivity index (χ4n) is 2.93. The van der Waals surface area contributed by atoms with Gasteiger partial charge in [-0.15, -0.1) is 0 Å². The van der Waals surface area contributed by atoms with Crippen LogP contribution < -0.4 is 9.47 Å². The molecular formula is C21H28N2O5S. The second-order valence-electron chi connectivity index (χ2n) is 6.99. The monoisotopic (exact) mass is 420 g/mol. The van der Waals surface area contributed by atoms with Crippen LogP contribution in [0.25, 0.3) is 0 Å². The molecule has 0 unspecified atom stereocenters. The Bertz CT molecular complexity index is 956. The molecule has 2 rings (SSSR count). The number of carbonyl (C=O) groups excluding carboxylic acids is 1. The van der Waals surface area contributed by atoms with Crippen molar-refractivity contribution in [3.8, 4) is 11.5 Å². The Kier molecular flexibility index (Phi) is 7.61. The number of benzene rings is 1. The zero-order valence-corrected chi connectivity index (χ0v) is 18.4. The number of aryl methyl sites for hydroxylation is 1. The van der Waals surface area contributed by atoms with Gasteiger partial charge < -0.3 is 14.4 Å². The maximum atomic E-state index is 12.4. The van der Waals surface area contributed by atoms with Gasteiger partial charge in [0.05, 0.1) is 30.9 Å². The van der Waals surface area contributed by atoms with Crippen LogP contribution in [0.3, 0.4) is 0 Å². The molecule has 29 heavy (non-hydrogen) atoms. The van der Waals surface area contributed by atoms with Crippen LogP contribution in [0.4, 0.5) is 0 Å². The molecule has 0 atom stereocenters. The summed E-state index contributed by atoms with van der Waals surface area (Å²) in [5.74, 6) is 1.37. The Labute approximate surface area is 172 Å². The maximum absolute atomic E-state index is 12.4. The first-order chi connectivity index (χ1) is 13.6. The van der Waals surface area contributed by atoms with Gasteiger partial charge in [-0.25, -0.2) is 8.42 Å². The summed E-state index contributed by atoms with van der Waals surface area (Å²) in [7, 11) is 0.158. The Morgan fingerprint density at radius 1 is 1.17 bits per heavy atom. The highest BCUT2D eigenvalue weighted by Gasteiger charge is 2.15. The molecule has 1 aromatic carbocycles. The van der Waals surface area contributed by atoms with Crippen molar-refractivity contribution in [3.05, 3.63) is 47.3 Å². The van der Waals surface area contributed by atoms with Crippen molar-refractivity contribution in [1.29, 1.82) is 0 Å². The summed E-state index contributed by atoms with van der Waals surface area (Å²) in [6.07, 6.45) is 3.82. The van der Waals surface area contributed by atoms with E-state index in [9.17, 15) is 13.2 Å². The molecule has 0 aliphatic carbocycles. The molecule has 1 heterocycles. The molecule has 1 amide bonds. The van der Waals surface area contributed by atoms with Crippen LogP contribution in [0.1, 0.15) is 29.7 Å². The molecule has 0 aliphatic heterocycles. The van der Waals surface area contributed by atoms with Crippen LogP contribution in [-0.2, 0) is 21.2 Å². The van der Waals surface area contributed by atoms with E-state index >= 15 is 0 Å². The van der Waals surface area contributed by atoms with Crippen LogP contribution in [0, 0.1) is 13.8 Å². The van der Waals surface area contributed by atoms with Gasteiger partial charge in [0, 0.05) is 37.0 Å². The summed E-state index contributed by atoms with van der Waals surface area (Å²) < 4.78 is 33.9. The minimum Gasteiger partial charge on any atom is -0.496 e. The highest BCUT2D eigenvalue weighted by molar-refractivity contribution is 7.90. The number of hydrogen-bond donors (Lipinski definition) is 0. The zero-order valence-electron chi connectivity index (χ0n) is 17.6. The fourth-order valence-corrected chi connectivity index (χ4v) is 3.56. The van der Waals surface area contributed by atoms with Crippen molar-refractivity contribution in [2.24, 2.45) is 0 Å². The minimum atomic E-state index is -3.22. The molecule has 0 bridgehead atoms. The van der Waals surface area contributed by atoms with Crippen LogP contribution >= 0.6 is 0 Å². The molecule has 0 spiro atoms. The van der Waals surface area contributed by atoms with Gasteiger partial charge in [-0.2, -0.15) is 0 Å². The number of nitrogens with zero attached hydrogens (tertiary/aromatic N) is 2. The van der Waals surface area contributed by atoms with Gasteiger partial charge in [-0.1, -0.05) is 0 Å². The average molecular weight is 421 g/mol. The van der Waals surface area contributed by atoms with Gasteiger partial charge in [0.15, 0.2) is 9.84 Å². The summed E-state index contributed by atoms with van der Waals surface area (Å²) in [6.45, 7) is 4.66. The molecule has 0 saturated carbocycles. The van der Waals surface area contributed by atoms with Crippen molar-refractivity contribution < 1.29 is 22.7 Å². The number of sulfone groups is 1. The van der Waals surface area contributed by atoms with Gasteiger partial charge in [-0.3, -0.25) is 9.78 Å². The normalized spacial score (nSPS) is 11.2.